The summed E-state index contributed by atoms with van der Waals surface area (Å²) in [5.41, 5.74) is 2.56. The van der Waals surface area contributed by atoms with Gasteiger partial charge < -0.3 is 29.3 Å². The number of H-pyrrole nitrogens is 2. The van der Waals surface area contributed by atoms with Gasteiger partial charge in [0.05, 0.1) is 22.2 Å². The molecule has 1 aliphatic heterocycles. The van der Waals surface area contributed by atoms with Crippen LogP contribution in [0.3, 0.4) is 0 Å². The molecule has 1 aliphatic rings. The van der Waals surface area contributed by atoms with Gasteiger partial charge in [0, 0.05) is 6.54 Å². The lowest BCUT2D eigenvalue weighted by Gasteiger charge is -2.32. The SMILES string of the molecule is CC1(C)OB(C(=Cc2ccc3[nH]c(=O)[nH]c3c2)CNC(=O)OCc2ccccc2)OC1(C)C. The number of ether oxygens (including phenoxy) is 1. The molecule has 0 spiro atoms. The van der Waals surface area contributed by atoms with Crippen molar-refractivity contribution in [1.29, 1.82) is 0 Å². The van der Waals surface area contributed by atoms with Gasteiger partial charge in [0.25, 0.3) is 0 Å². The van der Waals surface area contributed by atoms with Gasteiger partial charge in [0.2, 0.25) is 0 Å². The highest BCUT2D eigenvalue weighted by Gasteiger charge is 2.52. The maximum Gasteiger partial charge on any atom is 0.492 e. The van der Waals surface area contributed by atoms with Gasteiger partial charge in [0.15, 0.2) is 0 Å². The number of hydrogen-bond donors (Lipinski definition) is 3. The van der Waals surface area contributed by atoms with Crippen LogP contribution >= 0.6 is 0 Å². The van der Waals surface area contributed by atoms with Gasteiger partial charge >= 0.3 is 18.9 Å². The van der Waals surface area contributed by atoms with E-state index in [9.17, 15) is 9.59 Å². The van der Waals surface area contributed by atoms with Crippen molar-refractivity contribution in [1.82, 2.24) is 15.3 Å². The Balaban J connectivity index is 1.52. The number of aromatic amines is 2. The first-order valence-corrected chi connectivity index (χ1v) is 10.9. The van der Waals surface area contributed by atoms with Gasteiger partial charge in [-0.1, -0.05) is 42.5 Å². The van der Waals surface area contributed by atoms with Crippen molar-refractivity contribution in [2.45, 2.75) is 45.5 Å². The summed E-state index contributed by atoms with van der Waals surface area (Å²) >= 11 is 0. The molecule has 33 heavy (non-hydrogen) atoms. The Labute approximate surface area is 192 Å². The number of hydrogen-bond acceptors (Lipinski definition) is 5. The van der Waals surface area contributed by atoms with Crippen molar-refractivity contribution >= 4 is 30.3 Å². The van der Waals surface area contributed by atoms with Crippen molar-refractivity contribution in [3.8, 4) is 0 Å². The zero-order valence-electron chi connectivity index (χ0n) is 19.2. The summed E-state index contributed by atoms with van der Waals surface area (Å²) < 4.78 is 17.7. The van der Waals surface area contributed by atoms with E-state index in [4.69, 9.17) is 14.0 Å². The Kier molecular flexibility index (Phi) is 6.18. The van der Waals surface area contributed by atoms with Crippen LogP contribution in [0.15, 0.2) is 58.8 Å². The number of alkyl carbamates (subject to hydrolysis) is 1. The number of amides is 1. The van der Waals surface area contributed by atoms with Crippen molar-refractivity contribution in [2.24, 2.45) is 0 Å². The summed E-state index contributed by atoms with van der Waals surface area (Å²) in [6.45, 7) is 8.25. The maximum absolute atomic E-state index is 12.3. The first-order valence-electron chi connectivity index (χ1n) is 10.9. The first-order chi connectivity index (χ1) is 15.6. The topological polar surface area (TPSA) is 105 Å². The van der Waals surface area contributed by atoms with E-state index in [1.54, 1.807) is 0 Å². The standard InChI is InChI=1S/C24H28BN3O5/c1-23(2)24(3,4)33-25(32-23)18(12-17-10-11-19-20(13-17)28-21(29)27-19)14-26-22(30)31-15-16-8-6-5-7-9-16/h5-13H,14-15H2,1-4H3,(H,26,30)(H2,27,28,29). The number of carbonyl (C=O) groups is 1. The van der Waals surface area contributed by atoms with Crippen LogP contribution in [0, 0.1) is 0 Å². The molecule has 0 unspecified atom stereocenters. The summed E-state index contributed by atoms with van der Waals surface area (Å²) in [5.74, 6) is 0. The lowest BCUT2D eigenvalue weighted by molar-refractivity contribution is 0.00578. The number of rotatable bonds is 6. The molecule has 1 saturated heterocycles. The van der Waals surface area contributed by atoms with E-state index in [-0.39, 0.29) is 18.8 Å². The van der Waals surface area contributed by atoms with Crippen LogP contribution in [0.1, 0.15) is 38.8 Å². The molecule has 1 fully saturated rings. The summed E-state index contributed by atoms with van der Waals surface area (Å²) in [6, 6.07) is 15.0. The van der Waals surface area contributed by atoms with Crippen molar-refractivity contribution in [3.05, 3.63) is 75.6 Å². The molecule has 8 nitrogen and oxygen atoms in total. The average molecular weight is 449 g/mol. The minimum atomic E-state index is -0.648. The Morgan fingerprint density at radius 1 is 1.03 bits per heavy atom. The van der Waals surface area contributed by atoms with Crippen molar-refractivity contribution < 1.29 is 18.8 Å². The zero-order valence-corrected chi connectivity index (χ0v) is 19.2. The molecular formula is C24H28BN3O5. The molecule has 0 radical (unpaired) electrons. The molecule has 0 bridgehead atoms. The Morgan fingerprint density at radius 3 is 2.39 bits per heavy atom. The molecule has 1 aromatic heterocycles. The van der Waals surface area contributed by atoms with E-state index in [0.717, 1.165) is 22.1 Å². The zero-order chi connectivity index (χ0) is 23.6. The molecule has 3 N–H and O–H groups in total. The fraction of sp³-hybridized carbons (Fsp3) is 0.333. The number of aromatic nitrogens is 2. The highest BCUT2D eigenvalue weighted by molar-refractivity contribution is 6.56. The van der Waals surface area contributed by atoms with E-state index in [1.807, 2.05) is 82.3 Å². The number of nitrogens with one attached hydrogen (secondary N) is 3. The number of fused-ring (bicyclic) bond motifs is 1. The molecule has 0 saturated carbocycles. The highest BCUT2D eigenvalue weighted by Crippen LogP contribution is 2.38. The Bertz CT molecular complexity index is 1210. The first kappa shape index (κ1) is 22.9. The number of imidazole rings is 1. The molecule has 4 rings (SSSR count). The lowest BCUT2D eigenvalue weighted by Crippen LogP contribution is -2.41. The largest absolute Gasteiger partial charge is 0.492 e. The van der Waals surface area contributed by atoms with Crippen LogP contribution in [0.5, 0.6) is 0 Å². The van der Waals surface area contributed by atoms with Gasteiger partial charge in [-0.05, 0) is 56.4 Å². The predicted molar refractivity (Wildman–Crippen MR) is 128 cm³/mol. The smallest absolute Gasteiger partial charge is 0.445 e. The molecule has 0 aliphatic carbocycles. The van der Waals surface area contributed by atoms with Crippen LogP contribution < -0.4 is 11.0 Å². The number of carbonyl (C=O) groups excluding carboxylic acids is 1. The summed E-state index contributed by atoms with van der Waals surface area (Å²) in [4.78, 5) is 29.4. The lowest BCUT2D eigenvalue weighted by atomic mass is 9.77. The minimum absolute atomic E-state index is 0.173. The molecule has 1 amide bonds. The average Bonchev–Trinajstić information content (AvgIpc) is 3.24. The van der Waals surface area contributed by atoms with E-state index in [0.29, 0.717) is 5.52 Å². The molecule has 3 aromatic rings. The third-order valence-electron chi connectivity index (χ3n) is 6.10. The monoisotopic (exact) mass is 449 g/mol. The van der Waals surface area contributed by atoms with Crippen LogP contribution in [-0.2, 0) is 20.7 Å². The van der Waals surface area contributed by atoms with E-state index in [2.05, 4.69) is 15.3 Å². The third-order valence-corrected chi connectivity index (χ3v) is 6.10. The second kappa shape index (κ2) is 8.92. The summed E-state index contributed by atoms with van der Waals surface area (Å²) in [5, 5.41) is 2.79. The number of benzene rings is 2. The summed E-state index contributed by atoms with van der Waals surface area (Å²) in [6.07, 6.45) is 1.36. The third kappa shape index (κ3) is 5.21. The maximum atomic E-state index is 12.3. The molecule has 9 heteroatoms. The molecule has 172 valence electrons. The van der Waals surface area contributed by atoms with Crippen LogP contribution in [0.25, 0.3) is 17.1 Å². The van der Waals surface area contributed by atoms with Gasteiger partial charge in [-0.2, -0.15) is 0 Å². The van der Waals surface area contributed by atoms with Crippen LogP contribution in [0.4, 0.5) is 4.79 Å². The fourth-order valence-corrected chi connectivity index (χ4v) is 3.50. The molecule has 2 aromatic carbocycles. The Hall–Kier alpha value is -3.30. The second-order valence-electron chi connectivity index (χ2n) is 9.11. The quantitative estimate of drug-likeness (QED) is 0.497. The van der Waals surface area contributed by atoms with Crippen molar-refractivity contribution in [3.63, 3.8) is 0 Å². The van der Waals surface area contributed by atoms with Gasteiger partial charge in [0.1, 0.15) is 6.61 Å². The summed E-state index contributed by atoms with van der Waals surface area (Å²) in [7, 11) is -0.648. The molecular weight excluding hydrogens is 421 g/mol. The van der Waals surface area contributed by atoms with E-state index >= 15 is 0 Å². The normalized spacial score (nSPS) is 17.3. The van der Waals surface area contributed by atoms with Crippen LogP contribution in [-0.4, -0.2) is 40.9 Å². The highest BCUT2D eigenvalue weighted by atomic mass is 16.7. The fourth-order valence-electron chi connectivity index (χ4n) is 3.50. The molecule has 0 atom stereocenters. The molecule has 2 heterocycles. The minimum Gasteiger partial charge on any atom is -0.445 e. The van der Waals surface area contributed by atoms with E-state index < -0.39 is 24.4 Å². The van der Waals surface area contributed by atoms with Crippen LogP contribution in [0.2, 0.25) is 0 Å². The van der Waals surface area contributed by atoms with Gasteiger partial charge in [-0.3, -0.25) is 0 Å². The van der Waals surface area contributed by atoms with Gasteiger partial charge in [-0.15, -0.1) is 0 Å². The Morgan fingerprint density at radius 2 is 1.70 bits per heavy atom. The predicted octanol–water partition coefficient (Wildman–Crippen LogP) is 3.80. The van der Waals surface area contributed by atoms with Crippen molar-refractivity contribution in [2.75, 3.05) is 6.54 Å². The second-order valence-corrected chi connectivity index (χ2v) is 9.11. The van der Waals surface area contributed by atoms with E-state index in [1.165, 1.54) is 0 Å². The van der Waals surface area contributed by atoms with Gasteiger partial charge in [-0.25, -0.2) is 9.59 Å².